The van der Waals surface area contributed by atoms with Crippen molar-refractivity contribution >= 4 is 11.8 Å². The predicted molar refractivity (Wildman–Crippen MR) is 53.6 cm³/mol. The summed E-state index contributed by atoms with van der Waals surface area (Å²) in [5, 5.41) is 2.72. The Morgan fingerprint density at radius 3 is 2.79 bits per heavy atom. The molecule has 0 aromatic heterocycles. The lowest BCUT2D eigenvalue weighted by atomic mass is 9.94. The van der Waals surface area contributed by atoms with Gasteiger partial charge in [0.05, 0.1) is 6.54 Å². The van der Waals surface area contributed by atoms with Gasteiger partial charge in [-0.2, -0.15) is 0 Å². The lowest BCUT2D eigenvalue weighted by Crippen LogP contribution is -2.64. The van der Waals surface area contributed by atoms with E-state index in [2.05, 4.69) is 11.9 Å². The van der Waals surface area contributed by atoms with Crippen LogP contribution in [0.1, 0.15) is 20.3 Å². The van der Waals surface area contributed by atoms with Gasteiger partial charge in [-0.25, -0.2) is 0 Å². The third kappa shape index (κ3) is 1.78. The van der Waals surface area contributed by atoms with Crippen molar-refractivity contribution in [1.29, 1.82) is 0 Å². The van der Waals surface area contributed by atoms with Gasteiger partial charge in [-0.1, -0.05) is 13.0 Å². The number of hydrogen-bond acceptors (Lipinski definition) is 2. The predicted octanol–water partition coefficient (Wildman–Crippen LogP) is 0.299. The average Bonchev–Trinajstić information content (AvgIpc) is 2.14. The summed E-state index contributed by atoms with van der Waals surface area (Å²) < 4.78 is 0. The second-order valence-electron chi connectivity index (χ2n) is 3.71. The number of piperazine rings is 1. The highest BCUT2D eigenvalue weighted by atomic mass is 16.2. The van der Waals surface area contributed by atoms with Crippen molar-refractivity contribution in [2.75, 3.05) is 13.1 Å². The number of hydrogen-bond donors (Lipinski definition) is 1. The fourth-order valence-corrected chi connectivity index (χ4v) is 1.54. The standard InChI is InChI=1S/C10H16N2O2/c1-4-6-12-7-8(13)11-10(3,5-2)9(12)14/h4H,1,5-7H2,2-3H3,(H,11,13). The molecule has 2 amide bonds. The molecule has 4 heteroatoms. The van der Waals surface area contributed by atoms with Crippen LogP contribution in [-0.4, -0.2) is 35.3 Å². The Labute approximate surface area is 84.0 Å². The van der Waals surface area contributed by atoms with E-state index in [0.717, 1.165) is 0 Å². The first-order valence-electron chi connectivity index (χ1n) is 4.75. The first-order chi connectivity index (χ1) is 6.53. The molecule has 1 heterocycles. The number of amides is 2. The normalized spacial score (nSPS) is 27.4. The maximum Gasteiger partial charge on any atom is 0.248 e. The van der Waals surface area contributed by atoms with E-state index in [1.165, 1.54) is 4.90 Å². The second-order valence-corrected chi connectivity index (χ2v) is 3.71. The Kier molecular flexibility index (Phi) is 2.93. The molecule has 78 valence electrons. The highest BCUT2D eigenvalue weighted by molar-refractivity contribution is 5.97. The third-order valence-corrected chi connectivity index (χ3v) is 2.57. The van der Waals surface area contributed by atoms with Gasteiger partial charge in [0.2, 0.25) is 11.8 Å². The van der Waals surface area contributed by atoms with E-state index in [-0.39, 0.29) is 18.4 Å². The summed E-state index contributed by atoms with van der Waals surface area (Å²) in [6.45, 7) is 7.77. The zero-order chi connectivity index (χ0) is 10.8. The zero-order valence-corrected chi connectivity index (χ0v) is 8.67. The lowest BCUT2D eigenvalue weighted by Gasteiger charge is -2.38. The van der Waals surface area contributed by atoms with E-state index in [0.29, 0.717) is 13.0 Å². The quantitative estimate of drug-likeness (QED) is 0.660. The summed E-state index contributed by atoms with van der Waals surface area (Å²) in [6, 6.07) is 0. The van der Waals surface area contributed by atoms with Crippen LogP contribution in [0.4, 0.5) is 0 Å². The minimum Gasteiger partial charge on any atom is -0.340 e. The number of rotatable bonds is 3. The molecule has 1 saturated heterocycles. The molecule has 0 aromatic rings. The van der Waals surface area contributed by atoms with Crippen molar-refractivity contribution in [2.24, 2.45) is 0 Å². The fraction of sp³-hybridized carbons (Fsp3) is 0.600. The highest BCUT2D eigenvalue weighted by Crippen LogP contribution is 2.17. The molecule has 0 bridgehead atoms. The van der Waals surface area contributed by atoms with Gasteiger partial charge in [0.25, 0.3) is 0 Å². The Morgan fingerprint density at radius 1 is 1.64 bits per heavy atom. The average molecular weight is 196 g/mol. The first kappa shape index (κ1) is 10.8. The lowest BCUT2D eigenvalue weighted by molar-refractivity contribution is -0.148. The molecule has 1 unspecified atom stereocenters. The molecule has 1 aliphatic rings. The van der Waals surface area contributed by atoms with Crippen molar-refractivity contribution in [3.05, 3.63) is 12.7 Å². The van der Waals surface area contributed by atoms with Crippen LogP contribution in [-0.2, 0) is 9.59 Å². The summed E-state index contributed by atoms with van der Waals surface area (Å²) in [6.07, 6.45) is 2.23. The van der Waals surface area contributed by atoms with Crippen LogP contribution in [0.5, 0.6) is 0 Å². The molecule has 0 aliphatic carbocycles. The van der Waals surface area contributed by atoms with E-state index < -0.39 is 5.54 Å². The summed E-state index contributed by atoms with van der Waals surface area (Å²) in [5.74, 6) is -0.129. The molecular formula is C10H16N2O2. The SMILES string of the molecule is C=CCN1CC(=O)NC(C)(CC)C1=O. The van der Waals surface area contributed by atoms with Gasteiger partial charge in [-0.05, 0) is 13.3 Å². The molecule has 1 N–H and O–H groups in total. The van der Waals surface area contributed by atoms with Gasteiger partial charge in [-0.15, -0.1) is 6.58 Å². The molecule has 0 spiro atoms. The number of carbonyl (C=O) groups is 2. The van der Waals surface area contributed by atoms with Gasteiger partial charge in [0, 0.05) is 6.54 Å². The zero-order valence-electron chi connectivity index (χ0n) is 8.67. The first-order valence-corrected chi connectivity index (χ1v) is 4.75. The Balaban J connectivity index is 2.86. The number of nitrogens with zero attached hydrogens (tertiary/aromatic N) is 1. The van der Waals surface area contributed by atoms with Crippen molar-refractivity contribution < 1.29 is 9.59 Å². The molecule has 14 heavy (non-hydrogen) atoms. The summed E-state index contributed by atoms with van der Waals surface area (Å²) in [4.78, 5) is 24.7. The van der Waals surface area contributed by atoms with Crippen LogP contribution < -0.4 is 5.32 Å². The van der Waals surface area contributed by atoms with Crippen LogP contribution in [0.15, 0.2) is 12.7 Å². The van der Waals surface area contributed by atoms with E-state index in [4.69, 9.17) is 0 Å². The molecular weight excluding hydrogens is 180 g/mol. The molecule has 1 atom stereocenters. The summed E-state index contributed by atoms with van der Waals surface area (Å²) in [7, 11) is 0. The van der Waals surface area contributed by atoms with Gasteiger partial charge in [-0.3, -0.25) is 9.59 Å². The van der Waals surface area contributed by atoms with Crippen LogP contribution in [0, 0.1) is 0 Å². The van der Waals surface area contributed by atoms with E-state index in [1.54, 1.807) is 13.0 Å². The number of carbonyl (C=O) groups excluding carboxylic acids is 2. The largest absolute Gasteiger partial charge is 0.340 e. The number of nitrogens with one attached hydrogen (secondary N) is 1. The molecule has 4 nitrogen and oxygen atoms in total. The molecule has 1 rings (SSSR count). The van der Waals surface area contributed by atoms with Crippen molar-refractivity contribution in [2.45, 2.75) is 25.8 Å². The monoisotopic (exact) mass is 196 g/mol. The van der Waals surface area contributed by atoms with Crippen molar-refractivity contribution in [1.82, 2.24) is 10.2 Å². The maximum absolute atomic E-state index is 11.9. The fourth-order valence-electron chi connectivity index (χ4n) is 1.54. The molecule has 1 aliphatic heterocycles. The van der Waals surface area contributed by atoms with Crippen LogP contribution in [0.2, 0.25) is 0 Å². The van der Waals surface area contributed by atoms with E-state index in [1.807, 2.05) is 6.92 Å². The van der Waals surface area contributed by atoms with Crippen molar-refractivity contribution in [3.8, 4) is 0 Å². The third-order valence-electron chi connectivity index (χ3n) is 2.57. The Hall–Kier alpha value is -1.32. The minimum absolute atomic E-state index is 0.0282. The Bertz CT molecular complexity index is 275. The Morgan fingerprint density at radius 2 is 2.29 bits per heavy atom. The molecule has 0 saturated carbocycles. The summed E-state index contributed by atoms with van der Waals surface area (Å²) in [5.41, 5.74) is -0.738. The summed E-state index contributed by atoms with van der Waals surface area (Å²) >= 11 is 0. The van der Waals surface area contributed by atoms with Crippen LogP contribution in [0.25, 0.3) is 0 Å². The van der Waals surface area contributed by atoms with Gasteiger partial charge < -0.3 is 10.2 Å². The van der Waals surface area contributed by atoms with E-state index >= 15 is 0 Å². The maximum atomic E-state index is 11.9. The van der Waals surface area contributed by atoms with E-state index in [9.17, 15) is 9.59 Å². The van der Waals surface area contributed by atoms with Crippen LogP contribution in [0.3, 0.4) is 0 Å². The van der Waals surface area contributed by atoms with Gasteiger partial charge >= 0.3 is 0 Å². The molecule has 0 aromatic carbocycles. The van der Waals surface area contributed by atoms with Gasteiger partial charge in [0.15, 0.2) is 0 Å². The second kappa shape index (κ2) is 3.82. The highest BCUT2D eigenvalue weighted by Gasteiger charge is 2.40. The minimum atomic E-state index is -0.738. The molecule has 0 radical (unpaired) electrons. The molecule has 1 fully saturated rings. The van der Waals surface area contributed by atoms with Gasteiger partial charge in [0.1, 0.15) is 5.54 Å². The smallest absolute Gasteiger partial charge is 0.248 e. The van der Waals surface area contributed by atoms with Crippen LogP contribution >= 0.6 is 0 Å². The van der Waals surface area contributed by atoms with Crippen molar-refractivity contribution in [3.63, 3.8) is 0 Å². The topological polar surface area (TPSA) is 49.4 Å².